The van der Waals surface area contributed by atoms with Crippen molar-refractivity contribution < 1.29 is 18.7 Å². The predicted molar refractivity (Wildman–Crippen MR) is 101 cm³/mol. The highest BCUT2D eigenvalue weighted by Gasteiger charge is 2.53. The first kappa shape index (κ1) is 17.9. The van der Waals surface area contributed by atoms with Crippen LogP contribution in [0.1, 0.15) is 42.5 Å². The minimum absolute atomic E-state index is 0.132. The summed E-state index contributed by atoms with van der Waals surface area (Å²) in [5.41, 5.74) is 6.63. The molecule has 2 amide bonds. The summed E-state index contributed by atoms with van der Waals surface area (Å²) in [7, 11) is 0. The Morgan fingerprint density at radius 3 is 2.64 bits per heavy atom. The Labute approximate surface area is 163 Å². The molecule has 1 aromatic carbocycles. The highest BCUT2D eigenvalue weighted by Crippen LogP contribution is 2.59. The maximum Gasteiger partial charge on any atom is 0.254 e. The average Bonchev–Trinajstić information content (AvgIpc) is 3.02. The Kier molecular flexibility index (Phi) is 4.12. The number of carbonyl (C=O) groups is 2. The number of nitrogen functional groups attached to an aromatic ring is 1. The van der Waals surface area contributed by atoms with Gasteiger partial charge in [0, 0.05) is 36.8 Å². The summed E-state index contributed by atoms with van der Waals surface area (Å²) in [6, 6.07) is 3.73. The largest absolute Gasteiger partial charge is 0.399 e. The number of ether oxygens (including phenoxy) is 1. The van der Waals surface area contributed by atoms with Crippen molar-refractivity contribution in [3.63, 3.8) is 0 Å². The highest BCUT2D eigenvalue weighted by atomic mass is 19.1. The van der Waals surface area contributed by atoms with Gasteiger partial charge >= 0.3 is 0 Å². The van der Waals surface area contributed by atoms with Gasteiger partial charge in [-0.2, -0.15) is 0 Å². The summed E-state index contributed by atoms with van der Waals surface area (Å²) >= 11 is 0. The minimum Gasteiger partial charge on any atom is -0.399 e. The van der Waals surface area contributed by atoms with Gasteiger partial charge < -0.3 is 20.3 Å². The molecule has 150 valence electrons. The van der Waals surface area contributed by atoms with Crippen molar-refractivity contribution in [2.45, 2.75) is 44.2 Å². The second kappa shape index (κ2) is 6.44. The first-order valence-corrected chi connectivity index (χ1v) is 10.2. The van der Waals surface area contributed by atoms with Crippen molar-refractivity contribution in [1.29, 1.82) is 0 Å². The van der Waals surface area contributed by atoms with Gasteiger partial charge in [-0.3, -0.25) is 9.59 Å². The lowest BCUT2D eigenvalue weighted by molar-refractivity contribution is -0.147. The topological polar surface area (TPSA) is 75.9 Å². The summed E-state index contributed by atoms with van der Waals surface area (Å²) in [5.74, 6) is -0.437. The molecule has 4 aliphatic rings. The maximum absolute atomic E-state index is 13.7. The molecule has 2 atom stereocenters. The van der Waals surface area contributed by atoms with Crippen molar-refractivity contribution in [1.82, 2.24) is 9.80 Å². The number of hydrogen-bond donors (Lipinski definition) is 1. The molecule has 2 saturated heterocycles. The van der Waals surface area contributed by atoms with E-state index in [-0.39, 0.29) is 41.1 Å². The number of nitrogens with zero attached hydrogens (tertiary/aromatic N) is 2. The third-order valence-corrected chi connectivity index (χ3v) is 7.16. The van der Waals surface area contributed by atoms with Gasteiger partial charge in [-0.25, -0.2) is 4.39 Å². The molecular weight excluding hydrogens is 361 g/mol. The van der Waals surface area contributed by atoms with Crippen LogP contribution in [0.25, 0.3) is 0 Å². The number of amides is 2. The molecule has 1 spiro atoms. The van der Waals surface area contributed by atoms with E-state index in [1.54, 1.807) is 4.90 Å². The van der Waals surface area contributed by atoms with Crippen molar-refractivity contribution in [2.24, 2.45) is 11.3 Å². The first-order chi connectivity index (χ1) is 13.4. The van der Waals surface area contributed by atoms with Gasteiger partial charge in [-0.1, -0.05) is 6.42 Å². The number of rotatable bonds is 2. The number of morpholine rings is 1. The quantitative estimate of drug-likeness (QED) is 0.788. The van der Waals surface area contributed by atoms with Crippen LogP contribution >= 0.6 is 0 Å². The molecule has 6 nitrogen and oxygen atoms in total. The number of nitrogens with two attached hydrogens (primary N) is 1. The normalized spacial score (nSPS) is 28.6. The molecule has 5 rings (SSSR count). The second-order valence-electron chi connectivity index (χ2n) is 8.95. The van der Waals surface area contributed by atoms with Crippen LogP contribution in [0.2, 0.25) is 0 Å². The Morgan fingerprint density at radius 1 is 1.18 bits per heavy atom. The number of carbonyl (C=O) groups excluding carboxylic acids is 2. The molecular formula is C21H26FN3O3. The number of hydrogen-bond acceptors (Lipinski definition) is 4. The summed E-state index contributed by atoms with van der Waals surface area (Å²) in [6.45, 7) is 1.88. The van der Waals surface area contributed by atoms with Crippen LogP contribution in [-0.4, -0.2) is 60.0 Å². The van der Waals surface area contributed by atoms with Crippen LogP contribution in [-0.2, 0) is 9.53 Å². The van der Waals surface area contributed by atoms with E-state index in [1.807, 2.05) is 4.90 Å². The zero-order valence-electron chi connectivity index (χ0n) is 15.9. The number of anilines is 1. The fourth-order valence-electron chi connectivity index (χ4n) is 5.53. The van der Waals surface area contributed by atoms with Crippen molar-refractivity contribution >= 4 is 17.5 Å². The van der Waals surface area contributed by atoms with E-state index in [4.69, 9.17) is 10.5 Å². The fourth-order valence-corrected chi connectivity index (χ4v) is 5.53. The number of benzene rings is 1. The molecule has 0 radical (unpaired) electrons. The summed E-state index contributed by atoms with van der Waals surface area (Å²) in [6.07, 6.45) is 5.69. The Bertz CT molecular complexity index is 797. The van der Waals surface area contributed by atoms with Gasteiger partial charge in [0.2, 0.25) is 5.91 Å². The van der Waals surface area contributed by atoms with E-state index in [1.165, 1.54) is 37.5 Å². The van der Waals surface area contributed by atoms with Crippen LogP contribution in [0.5, 0.6) is 0 Å². The number of likely N-dealkylation sites (tertiary alicyclic amines) is 1. The first-order valence-electron chi connectivity index (χ1n) is 10.2. The molecule has 2 N–H and O–H groups in total. The third kappa shape index (κ3) is 2.87. The predicted octanol–water partition coefficient (Wildman–Crippen LogP) is 2.04. The number of halogens is 1. The Morgan fingerprint density at radius 2 is 1.96 bits per heavy atom. The third-order valence-electron chi connectivity index (χ3n) is 7.16. The Balaban J connectivity index is 1.28. The molecule has 2 saturated carbocycles. The molecule has 2 aliphatic heterocycles. The molecule has 0 unspecified atom stereocenters. The molecule has 2 aliphatic carbocycles. The number of fused-ring (bicyclic) bond motifs is 1. The van der Waals surface area contributed by atoms with E-state index < -0.39 is 5.82 Å². The molecule has 4 fully saturated rings. The van der Waals surface area contributed by atoms with Crippen LogP contribution < -0.4 is 5.73 Å². The van der Waals surface area contributed by atoms with Crippen LogP contribution in [0.15, 0.2) is 18.2 Å². The Hall–Kier alpha value is -2.15. The van der Waals surface area contributed by atoms with Gasteiger partial charge in [0.05, 0.1) is 18.8 Å². The van der Waals surface area contributed by atoms with Crippen molar-refractivity contribution in [3.05, 3.63) is 29.6 Å². The molecule has 7 heteroatoms. The van der Waals surface area contributed by atoms with Crippen LogP contribution in [0.4, 0.5) is 10.1 Å². The summed E-state index contributed by atoms with van der Waals surface area (Å²) < 4.78 is 19.6. The van der Waals surface area contributed by atoms with E-state index in [9.17, 15) is 14.0 Å². The van der Waals surface area contributed by atoms with Crippen molar-refractivity contribution in [3.8, 4) is 0 Å². The maximum atomic E-state index is 13.7. The standard InChI is InChI=1S/C21H26FN3O3/c22-15-6-13(7-16(23)8-15)20(27)25-4-5-28-18-12-24(11-17(18)25)19(26)14-9-21(10-14)2-1-3-21/h6-8,14,17-18H,1-5,9-12,23H2/t17-,18+/m0/s1. The smallest absolute Gasteiger partial charge is 0.254 e. The van der Waals surface area contributed by atoms with Gasteiger partial charge in [0.1, 0.15) is 5.82 Å². The molecule has 28 heavy (non-hydrogen) atoms. The average molecular weight is 387 g/mol. The lowest BCUT2D eigenvalue weighted by Crippen LogP contribution is -2.53. The van der Waals surface area contributed by atoms with Crippen LogP contribution in [0.3, 0.4) is 0 Å². The monoisotopic (exact) mass is 387 g/mol. The molecule has 1 aromatic rings. The van der Waals surface area contributed by atoms with Crippen LogP contribution in [0, 0.1) is 17.2 Å². The van der Waals surface area contributed by atoms with E-state index in [0.717, 1.165) is 12.8 Å². The minimum atomic E-state index is -0.522. The molecule has 2 heterocycles. The second-order valence-corrected chi connectivity index (χ2v) is 8.95. The van der Waals surface area contributed by atoms with E-state index in [2.05, 4.69) is 0 Å². The zero-order chi connectivity index (χ0) is 19.5. The van der Waals surface area contributed by atoms with Gasteiger partial charge in [-0.15, -0.1) is 0 Å². The summed E-state index contributed by atoms with van der Waals surface area (Å²) in [5, 5.41) is 0. The van der Waals surface area contributed by atoms with E-state index in [0.29, 0.717) is 31.7 Å². The van der Waals surface area contributed by atoms with Crippen molar-refractivity contribution in [2.75, 3.05) is 32.0 Å². The van der Waals surface area contributed by atoms with E-state index >= 15 is 0 Å². The van der Waals surface area contributed by atoms with Gasteiger partial charge in [0.15, 0.2) is 0 Å². The highest BCUT2D eigenvalue weighted by molar-refractivity contribution is 5.95. The zero-order valence-corrected chi connectivity index (χ0v) is 15.9. The van der Waals surface area contributed by atoms with Gasteiger partial charge in [-0.05, 0) is 49.3 Å². The lowest BCUT2D eigenvalue weighted by Gasteiger charge is -2.54. The fraction of sp³-hybridized carbons (Fsp3) is 0.619. The summed E-state index contributed by atoms with van der Waals surface area (Å²) in [4.78, 5) is 29.5. The lowest BCUT2D eigenvalue weighted by atomic mass is 9.51. The molecule has 0 aromatic heterocycles. The van der Waals surface area contributed by atoms with Gasteiger partial charge in [0.25, 0.3) is 5.91 Å². The SMILES string of the molecule is Nc1cc(F)cc(C(=O)N2CCO[C@@H]3CN(C(=O)C4CC5(CCC5)C4)C[C@@H]32)c1. The molecule has 0 bridgehead atoms.